The number of piperidine rings is 1. The first-order valence-corrected chi connectivity index (χ1v) is 18.0. The molecule has 278 valence electrons. The number of halogens is 1. The zero-order chi connectivity index (χ0) is 36.7. The molecule has 51 heavy (non-hydrogen) atoms. The van der Waals surface area contributed by atoms with E-state index in [2.05, 4.69) is 9.88 Å². The third-order valence-electron chi connectivity index (χ3n) is 10.4. The van der Waals surface area contributed by atoms with Gasteiger partial charge in [0.25, 0.3) is 5.91 Å². The number of oxazole rings is 1. The van der Waals surface area contributed by atoms with Gasteiger partial charge in [-0.2, -0.15) is 0 Å². The fourth-order valence-corrected chi connectivity index (χ4v) is 7.00. The number of aliphatic hydroxyl groups excluding tert-OH is 1. The molecule has 2 fully saturated rings. The highest BCUT2D eigenvalue weighted by Crippen LogP contribution is 2.29. The van der Waals surface area contributed by atoms with E-state index in [9.17, 15) is 19.5 Å². The molecular formula is C38H52FN5O7. The number of anilines is 1. The number of piperazine rings is 1. The third kappa shape index (κ3) is 10.2. The number of aromatic nitrogens is 1. The van der Waals surface area contributed by atoms with E-state index in [4.69, 9.17) is 13.9 Å². The van der Waals surface area contributed by atoms with Crippen molar-refractivity contribution in [3.63, 3.8) is 0 Å². The molecule has 3 aliphatic rings. The van der Waals surface area contributed by atoms with Crippen LogP contribution in [0, 0.1) is 17.7 Å². The number of carbonyl (C=O) groups is 3. The van der Waals surface area contributed by atoms with Crippen molar-refractivity contribution >= 4 is 29.7 Å². The maximum atomic E-state index is 15.1. The molecule has 5 atom stereocenters. The number of hydrogen-bond acceptors (Lipinski definition) is 10. The molecule has 4 heterocycles. The third-order valence-corrected chi connectivity index (χ3v) is 10.4. The van der Waals surface area contributed by atoms with Crippen molar-refractivity contribution in [3.05, 3.63) is 65.7 Å². The molecule has 5 rings (SSSR count). The van der Waals surface area contributed by atoms with Crippen LogP contribution in [0.1, 0.15) is 69.0 Å². The second kappa shape index (κ2) is 17.3. The lowest BCUT2D eigenvalue weighted by atomic mass is 9.91. The van der Waals surface area contributed by atoms with Crippen LogP contribution in [0.5, 0.6) is 0 Å². The summed E-state index contributed by atoms with van der Waals surface area (Å²) in [4.78, 5) is 50.3. The number of cyclic esters (lactones) is 1. The smallest absolute Gasteiger partial charge is 0.410 e. The summed E-state index contributed by atoms with van der Waals surface area (Å²) in [6.07, 6.45) is 7.93. The number of esters is 1. The number of likely N-dealkylation sites (N-methyl/N-ethyl adjacent to an activating group) is 1. The van der Waals surface area contributed by atoms with E-state index in [1.54, 1.807) is 9.80 Å². The van der Waals surface area contributed by atoms with Crippen LogP contribution in [0.3, 0.4) is 0 Å². The van der Waals surface area contributed by atoms with Crippen molar-refractivity contribution in [1.29, 1.82) is 0 Å². The van der Waals surface area contributed by atoms with Gasteiger partial charge in [0.05, 0.1) is 18.7 Å². The van der Waals surface area contributed by atoms with Crippen LogP contribution in [0.15, 0.2) is 52.9 Å². The summed E-state index contributed by atoms with van der Waals surface area (Å²) in [5.41, 5.74) is 2.00. The van der Waals surface area contributed by atoms with Gasteiger partial charge in [-0.05, 0) is 81.0 Å². The van der Waals surface area contributed by atoms with Gasteiger partial charge in [-0.1, -0.05) is 26.0 Å². The van der Waals surface area contributed by atoms with E-state index < -0.39 is 30.1 Å². The number of likely N-dealkylation sites (tertiary alicyclic amines) is 1. The zero-order valence-corrected chi connectivity index (χ0v) is 30.4. The minimum Gasteiger partial charge on any atom is -0.457 e. The lowest BCUT2D eigenvalue weighted by Crippen LogP contribution is -2.48. The molecule has 0 aliphatic carbocycles. The molecule has 0 unspecified atom stereocenters. The van der Waals surface area contributed by atoms with Gasteiger partial charge in [-0.15, -0.1) is 0 Å². The van der Waals surface area contributed by atoms with Gasteiger partial charge >= 0.3 is 12.1 Å². The van der Waals surface area contributed by atoms with Gasteiger partial charge in [0.2, 0.25) is 5.76 Å². The van der Waals surface area contributed by atoms with Crippen LogP contribution in [0.25, 0.3) is 6.08 Å². The molecule has 2 aromatic rings. The van der Waals surface area contributed by atoms with Gasteiger partial charge in [-0.25, -0.2) is 14.2 Å². The van der Waals surface area contributed by atoms with Crippen LogP contribution >= 0.6 is 0 Å². The number of benzene rings is 1. The first-order chi connectivity index (χ1) is 24.4. The van der Waals surface area contributed by atoms with E-state index >= 15 is 4.39 Å². The summed E-state index contributed by atoms with van der Waals surface area (Å²) in [6.45, 7) is 9.58. The highest BCUT2D eigenvalue weighted by Gasteiger charge is 2.30. The average molecular weight is 710 g/mol. The SMILES string of the molecule is C/C(=C\c1cc(F)cc(N(C)C2CCN(C(=O)c3cnco3)CC2)c1)[C@H]1OC(=O)C[C@H](O)CC[C@H](C)[C@@H](OC(=O)N2CCN(C)CC2)/C=C\[C@@H]1C. The quantitative estimate of drug-likeness (QED) is 0.324. The summed E-state index contributed by atoms with van der Waals surface area (Å²) in [6, 6.07) is 4.92. The number of carbonyl (C=O) groups excluding carboxylic acids is 3. The molecule has 2 saturated heterocycles. The standard InChI is InChI=1S/C38H52FN5O7/c1-25-6-8-32(45)22-35(46)51-36(26(2)7-9-33(25)50-38(48)44-16-14-41(4)15-17-44)27(3)18-28-19-29(39)21-31(20-28)42(5)30-10-12-43(13-11-30)37(47)34-23-40-24-49-34/h7,9,18-21,23-26,30,32-33,36,45H,6,8,10-17,22H2,1-5H3/b9-7-,27-18+/t25-,26-,32+,33-,36-/m0/s1. The van der Waals surface area contributed by atoms with Crippen molar-refractivity contribution in [2.45, 2.75) is 77.2 Å². The molecule has 12 nitrogen and oxygen atoms in total. The normalized spacial score (nSPS) is 26.8. The molecule has 1 N–H and O–H groups in total. The summed E-state index contributed by atoms with van der Waals surface area (Å²) in [5, 5.41) is 10.7. The minimum atomic E-state index is -0.897. The molecular weight excluding hydrogens is 657 g/mol. The Morgan fingerprint density at radius 1 is 1.02 bits per heavy atom. The maximum Gasteiger partial charge on any atom is 0.410 e. The van der Waals surface area contributed by atoms with Crippen LogP contribution in [-0.4, -0.2) is 120 Å². The Morgan fingerprint density at radius 2 is 1.75 bits per heavy atom. The van der Waals surface area contributed by atoms with Crippen molar-refractivity contribution in [1.82, 2.24) is 19.7 Å². The van der Waals surface area contributed by atoms with Crippen LogP contribution in [0.4, 0.5) is 14.9 Å². The molecule has 1 aromatic heterocycles. The zero-order valence-electron chi connectivity index (χ0n) is 30.4. The number of aliphatic hydroxyl groups is 1. The van der Waals surface area contributed by atoms with Crippen molar-refractivity contribution < 1.29 is 37.8 Å². The van der Waals surface area contributed by atoms with E-state index in [-0.39, 0.29) is 42.1 Å². The fourth-order valence-electron chi connectivity index (χ4n) is 7.00. The molecule has 0 spiro atoms. The van der Waals surface area contributed by atoms with E-state index in [0.717, 1.165) is 13.1 Å². The first-order valence-electron chi connectivity index (χ1n) is 18.0. The topological polar surface area (TPSA) is 129 Å². The number of ether oxygens (including phenoxy) is 2. The summed E-state index contributed by atoms with van der Waals surface area (Å²) in [7, 11) is 3.95. The Morgan fingerprint density at radius 3 is 2.43 bits per heavy atom. The largest absolute Gasteiger partial charge is 0.457 e. The molecule has 2 amide bonds. The molecule has 1 aromatic carbocycles. The number of nitrogens with zero attached hydrogens (tertiary/aromatic N) is 5. The number of amides is 2. The van der Waals surface area contributed by atoms with Crippen LogP contribution in [0.2, 0.25) is 0 Å². The predicted molar refractivity (Wildman–Crippen MR) is 190 cm³/mol. The highest BCUT2D eigenvalue weighted by molar-refractivity contribution is 5.91. The van der Waals surface area contributed by atoms with E-state index in [0.29, 0.717) is 68.7 Å². The molecule has 13 heteroatoms. The lowest BCUT2D eigenvalue weighted by molar-refractivity contribution is -0.151. The summed E-state index contributed by atoms with van der Waals surface area (Å²) < 4.78 is 32.2. The Kier molecular flexibility index (Phi) is 12.9. The lowest BCUT2D eigenvalue weighted by Gasteiger charge is -2.37. The van der Waals surface area contributed by atoms with Gasteiger partial charge in [0.15, 0.2) is 6.39 Å². The second-order valence-electron chi connectivity index (χ2n) is 14.3. The molecule has 3 aliphatic heterocycles. The maximum absolute atomic E-state index is 15.1. The summed E-state index contributed by atoms with van der Waals surface area (Å²) in [5.74, 6) is -1.30. The molecule has 0 radical (unpaired) electrons. The van der Waals surface area contributed by atoms with Gasteiger partial charge in [0.1, 0.15) is 18.0 Å². The number of rotatable bonds is 6. The second-order valence-corrected chi connectivity index (χ2v) is 14.3. The van der Waals surface area contributed by atoms with E-state index in [1.165, 1.54) is 24.7 Å². The Bertz CT molecular complexity index is 1550. The average Bonchev–Trinajstić information content (AvgIpc) is 3.65. The Labute approximate surface area is 299 Å². The Balaban J connectivity index is 1.31. The molecule has 0 bridgehead atoms. The van der Waals surface area contributed by atoms with Gasteiger partial charge in [0, 0.05) is 64.0 Å². The van der Waals surface area contributed by atoms with E-state index in [1.807, 2.05) is 64.1 Å². The predicted octanol–water partition coefficient (Wildman–Crippen LogP) is 5.00. The van der Waals surface area contributed by atoms with Crippen LogP contribution in [-0.2, 0) is 14.3 Å². The monoisotopic (exact) mass is 709 g/mol. The summed E-state index contributed by atoms with van der Waals surface area (Å²) >= 11 is 0. The van der Waals surface area contributed by atoms with Crippen molar-refractivity contribution in [3.8, 4) is 0 Å². The van der Waals surface area contributed by atoms with Crippen molar-refractivity contribution in [2.75, 3.05) is 58.3 Å². The van der Waals surface area contributed by atoms with Crippen LogP contribution < -0.4 is 4.90 Å². The minimum absolute atomic E-state index is 0.0891. The highest BCUT2D eigenvalue weighted by atomic mass is 19.1. The van der Waals surface area contributed by atoms with Gasteiger partial charge in [-0.3, -0.25) is 9.59 Å². The first kappa shape index (κ1) is 38.0. The Hall–Kier alpha value is -4.23. The fraction of sp³-hybridized carbons (Fsp3) is 0.579. The van der Waals surface area contributed by atoms with Crippen molar-refractivity contribution in [2.24, 2.45) is 11.8 Å². The van der Waals surface area contributed by atoms with Gasteiger partial charge < -0.3 is 38.6 Å². The molecule has 0 saturated carbocycles. The number of hydrogen-bond donors (Lipinski definition) is 1.